The topological polar surface area (TPSA) is 121 Å². The van der Waals surface area contributed by atoms with Crippen LogP contribution in [-0.4, -0.2) is 53.6 Å². The van der Waals surface area contributed by atoms with E-state index in [4.69, 9.17) is 20.9 Å². The minimum Gasteiger partial charge on any atom is -0.490 e. The van der Waals surface area contributed by atoms with E-state index in [1.54, 1.807) is 17.0 Å². The van der Waals surface area contributed by atoms with Crippen molar-refractivity contribution in [2.45, 2.75) is 12.0 Å². The molecule has 0 aliphatic carbocycles. The summed E-state index contributed by atoms with van der Waals surface area (Å²) < 4.78 is 24.6. The fourth-order valence-corrected chi connectivity index (χ4v) is 3.04. The molecule has 2 heterocycles. The molecule has 0 radical (unpaired) electrons. The van der Waals surface area contributed by atoms with Gasteiger partial charge in [0.25, 0.3) is 5.91 Å². The number of carbonyl (C=O) groups is 2. The summed E-state index contributed by atoms with van der Waals surface area (Å²) in [6.45, 7) is 0.653. The molecule has 1 aliphatic rings. The van der Waals surface area contributed by atoms with Crippen LogP contribution in [0, 0.1) is 5.82 Å². The predicted octanol–water partition coefficient (Wildman–Crippen LogP) is 0.968. The van der Waals surface area contributed by atoms with Gasteiger partial charge in [-0.3, -0.25) is 9.59 Å². The van der Waals surface area contributed by atoms with Crippen molar-refractivity contribution < 1.29 is 23.5 Å². The molecule has 1 aromatic heterocycles. The van der Waals surface area contributed by atoms with Crippen LogP contribution < -0.4 is 16.2 Å². The van der Waals surface area contributed by atoms with E-state index >= 15 is 0 Å². The molecule has 2 aromatic rings. The molecule has 0 spiro atoms. The van der Waals surface area contributed by atoms with Crippen LogP contribution in [0.4, 0.5) is 10.2 Å². The Bertz CT molecular complexity index is 844. The van der Waals surface area contributed by atoms with Gasteiger partial charge in [0.15, 0.2) is 0 Å². The van der Waals surface area contributed by atoms with Gasteiger partial charge in [0.2, 0.25) is 5.91 Å². The molecular formula is C19H21FN4O4. The minimum atomic E-state index is -1.10. The van der Waals surface area contributed by atoms with E-state index in [1.807, 2.05) is 0 Å². The Morgan fingerprint density at radius 2 is 2.00 bits per heavy atom. The molecule has 1 aromatic carbocycles. The van der Waals surface area contributed by atoms with Crippen molar-refractivity contribution >= 4 is 17.6 Å². The molecule has 1 fully saturated rings. The molecule has 1 saturated heterocycles. The second-order valence-electron chi connectivity index (χ2n) is 6.62. The number of pyridine rings is 1. The number of primary amides is 1. The largest absolute Gasteiger partial charge is 0.490 e. The lowest BCUT2D eigenvalue weighted by atomic mass is 9.97. The monoisotopic (exact) mass is 388 g/mol. The van der Waals surface area contributed by atoms with Crippen molar-refractivity contribution in [1.29, 1.82) is 0 Å². The Labute approximate surface area is 161 Å². The molecule has 3 rings (SSSR count). The number of halogens is 1. The van der Waals surface area contributed by atoms with Crippen LogP contribution in [0.5, 0.6) is 5.75 Å². The smallest absolute Gasteiger partial charge is 0.255 e. The molecule has 28 heavy (non-hydrogen) atoms. The minimum absolute atomic E-state index is 0.0225. The van der Waals surface area contributed by atoms with Gasteiger partial charge < -0.3 is 25.8 Å². The SMILES string of the molecule is NC(=O)C[C@]1(COc2ccc(F)cc2)CN(C(=O)c2ccc(N)nc2)CCO1. The summed E-state index contributed by atoms with van der Waals surface area (Å²) in [5.74, 6) is -0.492. The lowest BCUT2D eigenvalue weighted by Gasteiger charge is -2.41. The van der Waals surface area contributed by atoms with Crippen molar-refractivity contribution in [3.8, 4) is 5.75 Å². The van der Waals surface area contributed by atoms with Crippen LogP contribution in [0.15, 0.2) is 42.6 Å². The highest BCUT2D eigenvalue weighted by Crippen LogP contribution is 2.25. The summed E-state index contributed by atoms with van der Waals surface area (Å²) in [5, 5.41) is 0. The maximum Gasteiger partial charge on any atom is 0.255 e. The Balaban J connectivity index is 1.75. The van der Waals surface area contributed by atoms with E-state index in [1.165, 1.54) is 30.5 Å². The van der Waals surface area contributed by atoms with E-state index in [0.717, 1.165) is 0 Å². The van der Waals surface area contributed by atoms with Crippen LogP contribution in [-0.2, 0) is 9.53 Å². The molecule has 1 atom stereocenters. The molecule has 2 amide bonds. The Kier molecular flexibility index (Phi) is 5.74. The lowest BCUT2D eigenvalue weighted by Crippen LogP contribution is -2.58. The summed E-state index contributed by atoms with van der Waals surface area (Å²) in [4.78, 5) is 29.9. The number of aromatic nitrogens is 1. The van der Waals surface area contributed by atoms with Crippen molar-refractivity contribution in [2.24, 2.45) is 5.73 Å². The fourth-order valence-electron chi connectivity index (χ4n) is 3.04. The normalized spacial score (nSPS) is 19.2. The molecule has 4 N–H and O–H groups in total. The van der Waals surface area contributed by atoms with Gasteiger partial charge in [-0.2, -0.15) is 0 Å². The number of morpholine rings is 1. The third-order valence-corrected chi connectivity index (χ3v) is 4.38. The number of benzene rings is 1. The number of nitrogens with zero attached hydrogens (tertiary/aromatic N) is 2. The van der Waals surface area contributed by atoms with E-state index in [9.17, 15) is 14.0 Å². The first-order chi connectivity index (χ1) is 13.4. The highest BCUT2D eigenvalue weighted by molar-refractivity contribution is 5.94. The Morgan fingerprint density at radius 3 is 2.64 bits per heavy atom. The first kappa shape index (κ1) is 19.6. The Hall–Kier alpha value is -3.20. The number of rotatable bonds is 6. The average molecular weight is 388 g/mol. The van der Waals surface area contributed by atoms with Crippen LogP contribution in [0.1, 0.15) is 16.8 Å². The summed E-state index contributed by atoms with van der Waals surface area (Å²) >= 11 is 0. The maximum atomic E-state index is 13.1. The zero-order valence-corrected chi connectivity index (χ0v) is 15.1. The van der Waals surface area contributed by atoms with Crippen molar-refractivity contribution in [1.82, 2.24) is 9.88 Å². The maximum absolute atomic E-state index is 13.1. The molecule has 9 heteroatoms. The number of hydrogen-bond donors (Lipinski definition) is 2. The number of anilines is 1. The average Bonchev–Trinajstić information content (AvgIpc) is 2.67. The van der Waals surface area contributed by atoms with Gasteiger partial charge in [-0.05, 0) is 36.4 Å². The number of carbonyl (C=O) groups excluding carboxylic acids is 2. The second-order valence-corrected chi connectivity index (χ2v) is 6.62. The molecule has 1 aliphatic heterocycles. The summed E-state index contributed by atoms with van der Waals surface area (Å²) in [5.41, 5.74) is 10.2. The number of hydrogen-bond acceptors (Lipinski definition) is 6. The third kappa shape index (κ3) is 4.74. The zero-order chi connectivity index (χ0) is 20.1. The van der Waals surface area contributed by atoms with Crippen molar-refractivity contribution in [3.05, 3.63) is 54.0 Å². The van der Waals surface area contributed by atoms with Crippen molar-refractivity contribution in [2.75, 3.05) is 32.0 Å². The van der Waals surface area contributed by atoms with Crippen LogP contribution in [0.2, 0.25) is 0 Å². The predicted molar refractivity (Wildman–Crippen MR) is 98.9 cm³/mol. The Morgan fingerprint density at radius 1 is 1.25 bits per heavy atom. The number of nitrogens with two attached hydrogens (primary N) is 2. The van der Waals surface area contributed by atoms with Crippen LogP contribution in [0.3, 0.4) is 0 Å². The highest BCUT2D eigenvalue weighted by atomic mass is 19.1. The van der Waals surface area contributed by atoms with Gasteiger partial charge >= 0.3 is 0 Å². The van der Waals surface area contributed by atoms with Gasteiger partial charge in [-0.25, -0.2) is 9.37 Å². The molecule has 0 saturated carbocycles. The first-order valence-electron chi connectivity index (χ1n) is 8.68. The molecule has 8 nitrogen and oxygen atoms in total. The fraction of sp³-hybridized carbons (Fsp3) is 0.316. The third-order valence-electron chi connectivity index (χ3n) is 4.38. The summed E-state index contributed by atoms with van der Waals surface area (Å²) in [6, 6.07) is 8.61. The quantitative estimate of drug-likeness (QED) is 0.761. The number of ether oxygens (including phenoxy) is 2. The zero-order valence-electron chi connectivity index (χ0n) is 15.1. The van der Waals surface area contributed by atoms with E-state index in [-0.39, 0.29) is 37.9 Å². The van der Waals surface area contributed by atoms with Crippen molar-refractivity contribution in [3.63, 3.8) is 0 Å². The van der Waals surface area contributed by atoms with E-state index in [2.05, 4.69) is 4.98 Å². The molecule has 0 bridgehead atoms. The van der Waals surface area contributed by atoms with Crippen LogP contribution >= 0.6 is 0 Å². The van der Waals surface area contributed by atoms with Gasteiger partial charge in [-0.15, -0.1) is 0 Å². The standard InChI is InChI=1S/C19H21FN4O4/c20-14-2-4-15(5-3-14)27-12-19(9-17(22)25)11-24(7-8-28-19)18(26)13-1-6-16(21)23-10-13/h1-6,10H,7-9,11-12H2,(H2,21,23)(H2,22,25)/t19-/m1/s1. The molecule has 148 valence electrons. The summed E-state index contributed by atoms with van der Waals surface area (Å²) in [7, 11) is 0. The van der Waals surface area contributed by atoms with E-state index < -0.39 is 11.5 Å². The first-order valence-corrected chi connectivity index (χ1v) is 8.68. The highest BCUT2D eigenvalue weighted by Gasteiger charge is 2.41. The lowest BCUT2D eigenvalue weighted by molar-refractivity contribution is -0.142. The van der Waals surface area contributed by atoms with E-state index in [0.29, 0.717) is 23.7 Å². The number of nitrogen functional groups attached to an aromatic ring is 1. The van der Waals surface area contributed by atoms with Gasteiger partial charge in [-0.1, -0.05) is 0 Å². The summed E-state index contributed by atoms with van der Waals surface area (Å²) in [6.07, 6.45) is 1.27. The number of amides is 2. The van der Waals surface area contributed by atoms with Gasteiger partial charge in [0, 0.05) is 12.7 Å². The van der Waals surface area contributed by atoms with Crippen LogP contribution in [0.25, 0.3) is 0 Å². The molecular weight excluding hydrogens is 367 g/mol. The van der Waals surface area contributed by atoms with Gasteiger partial charge in [0.1, 0.15) is 29.6 Å². The second kappa shape index (κ2) is 8.22. The molecule has 0 unspecified atom stereocenters. The van der Waals surface area contributed by atoms with Gasteiger partial charge in [0.05, 0.1) is 25.1 Å².